The van der Waals surface area contributed by atoms with Crippen LogP contribution < -0.4 is 0 Å². The normalized spacial score (nSPS) is 13.2. The molecule has 5 heteroatoms. The maximum absolute atomic E-state index is 9.73. The van der Waals surface area contributed by atoms with Gasteiger partial charge in [0.15, 0.2) is 0 Å². The summed E-state index contributed by atoms with van der Waals surface area (Å²) in [5.74, 6) is 0.616. The summed E-state index contributed by atoms with van der Waals surface area (Å²) >= 11 is 6.18. The van der Waals surface area contributed by atoms with Gasteiger partial charge in [0.25, 0.3) is 0 Å². The number of hydrogen-bond acceptors (Lipinski definition) is 3. The van der Waals surface area contributed by atoms with Crippen molar-refractivity contribution in [2.75, 3.05) is 13.7 Å². The Kier molecular flexibility index (Phi) is 3.66. The number of aliphatic hydroxyl groups excluding tert-OH is 1. The predicted molar refractivity (Wildman–Crippen MR) is 67.3 cm³/mol. The van der Waals surface area contributed by atoms with E-state index in [1.54, 1.807) is 14.0 Å². The highest BCUT2D eigenvalue weighted by molar-refractivity contribution is 6.35. The number of aromatic nitrogens is 2. The van der Waals surface area contributed by atoms with Crippen LogP contribution in [0.1, 0.15) is 18.9 Å². The van der Waals surface area contributed by atoms with E-state index >= 15 is 0 Å². The zero-order chi connectivity index (χ0) is 12.4. The van der Waals surface area contributed by atoms with Crippen molar-refractivity contribution in [3.05, 3.63) is 29.0 Å². The lowest BCUT2D eigenvalue weighted by molar-refractivity contribution is 0.167. The van der Waals surface area contributed by atoms with Crippen LogP contribution in [0.2, 0.25) is 5.02 Å². The highest BCUT2D eigenvalue weighted by Crippen LogP contribution is 2.26. The molecule has 0 radical (unpaired) electrons. The molecule has 92 valence electrons. The summed E-state index contributed by atoms with van der Waals surface area (Å²) in [6, 6.07) is 5.56. The Hall–Kier alpha value is -1.10. The Labute approximate surface area is 105 Å². The molecule has 0 bridgehead atoms. The Bertz CT molecular complexity index is 522. The third-order valence-electron chi connectivity index (χ3n) is 2.64. The first kappa shape index (κ1) is 12.4. The maximum atomic E-state index is 9.73. The van der Waals surface area contributed by atoms with E-state index < -0.39 is 6.10 Å². The van der Waals surface area contributed by atoms with Crippen LogP contribution in [0.5, 0.6) is 0 Å². The number of hydrogen-bond donors (Lipinski definition) is 1. The van der Waals surface area contributed by atoms with E-state index in [1.807, 2.05) is 22.8 Å². The molecule has 0 saturated heterocycles. The van der Waals surface area contributed by atoms with Gasteiger partial charge in [-0.25, -0.2) is 4.98 Å². The minimum atomic E-state index is -0.629. The first-order valence-corrected chi connectivity index (χ1v) is 5.84. The number of fused-ring (bicyclic) bond motifs is 1. The van der Waals surface area contributed by atoms with Crippen LogP contribution in [-0.4, -0.2) is 28.4 Å². The first-order valence-electron chi connectivity index (χ1n) is 5.46. The molecule has 0 aliphatic rings. The number of para-hydroxylation sites is 1. The first-order chi connectivity index (χ1) is 8.15. The van der Waals surface area contributed by atoms with E-state index in [-0.39, 0.29) is 0 Å². The third kappa shape index (κ3) is 2.29. The van der Waals surface area contributed by atoms with Crippen molar-refractivity contribution in [3.8, 4) is 0 Å². The van der Waals surface area contributed by atoms with E-state index in [2.05, 4.69) is 4.98 Å². The van der Waals surface area contributed by atoms with Crippen molar-refractivity contribution in [2.45, 2.75) is 19.6 Å². The van der Waals surface area contributed by atoms with Crippen LogP contribution in [0, 0.1) is 0 Å². The van der Waals surface area contributed by atoms with Crippen LogP contribution in [0.25, 0.3) is 11.0 Å². The largest absolute Gasteiger partial charge is 0.385 e. The van der Waals surface area contributed by atoms with Gasteiger partial charge in [-0.15, -0.1) is 0 Å². The summed E-state index contributed by atoms with van der Waals surface area (Å²) in [6.45, 7) is 2.87. The molecular weight excluding hydrogens is 240 g/mol. The Morgan fingerprint density at radius 1 is 1.53 bits per heavy atom. The van der Waals surface area contributed by atoms with E-state index in [0.717, 1.165) is 11.0 Å². The van der Waals surface area contributed by atoms with E-state index in [9.17, 15) is 5.11 Å². The minimum Gasteiger partial charge on any atom is -0.385 e. The predicted octanol–water partition coefficient (Wildman–Crippen LogP) is 2.39. The van der Waals surface area contributed by atoms with Crippen LogP contribution in [0.15, 0.2) is 18.2 Å². The van der Waals surface area contributed by atoms with Crippen molar-refractivity contribution in [1.82, 2.24) is 9.55 Å². The molecular formula is C12H15ClN2O2. The minimum absolute atomic E-state index is 0.552. The number of ether oxygens (including phenoxy) is 1. The van der Waals surface area contributed by atoms with E-state index in [1.165, 1.54) is 0 Å². The van der Waals surface area contributed by atoms with Crippen molar-refractivity contribution in [1.29, 1.82) is 0 Å². The second-order valence-corrected chi connectivity index (χ2v) is 4.31. The lowest BCUT2D eigenvalue weighted by atomic mass is 10.3. The van der Waals surface area contributed by atoms with Crippen LogP contribution >= 0.6 is 11.6 Å². The number of halogens is 1. The second-order valence-electron chi connectivity index (χ2n) is 3.90. The number of rotatable bonds is 4. The third-order valence-corrected chi connectivity index (χ3v) is 2.94. The van der Waals surface area contributed by atoms with Gasteiger partial charge in [0.2, 0.25) is 0 Å². The molecule has 0 unspecified atom stereocenters. The number of imidazole rings is 1. The lowest BCUT2D eigenvalue weighted by Crippen LogP contribution is -2.10. The van der Waals surface area contributed by atoms with Gasteiger partial charge in [-0.1, -0.05) is 17.7 Å². The smallest absolute Gasteiger partial charge is 0.138 e. The topological polar surface area (TPSA) is 47.3 Å². The molecule has 0 aliphatic carbocycles. The van der Waals surface area contributed by atoms with Gasteiger partial charge in [-0.3, -0.25) is 0 Å². The Morgan fingerprint density at radius 3 is 2.94 bits per heavy atom. The van der Waals surface area contributed by atoms with Gasteiger partial charge >= 0.3 is 0 Å². The second kappa shape index (κ2) is 5.04. The maximum Gasteiger partial charge on any atom is 0.138 e. The molecule has 0 aliphatic heterocycles. The van der Waals surface area contributed by atoms with E-state index in [0.29, 0.717) is 24.0 Å². The molecule has 1 aromatic heterocycles. The molecule has 4 nitrogen and oxygen atoms in total. The van der Waals surface area contributed by atoms with Crippen LogP contribution in [0.4, 0.5) is 0 Å². The number of benzene rings is 1. The molecule has 1 aromatic carbocycles. The summed E-state index contributed by atoms with van der Waals surface area (Å²) in [4.78, 5) is 4.40. The average Bonchev–Trinajstić information content (AvgIpc) is 2.66. The fourth-order valence-corrected chi connectivity index (χ4v) is 2.16. The van der Waals surface area contributed by atoms with E-state index in [4.69, 9.17) is 16.3 Å². The van der Waals surface area contributed by atoms with Gasteiger partial charge < -0.3 is 14.4 Å². The van der Waals surface area contributed by atoms with Crippen molar-refractivity contribution in [2.24, 2.45) is 0 Å². The highest BCUT2D eigenvalue weighted by Gasteiger charge is 2.16. The summed E-state index contributed by atoms with van der Waals surface area (Å²) in [7, 11) is 1.64. The molecule has 2 aromatic rings. The average molecular weight is 255 g/mol. The Morgan fingerprint density at radius 2 is 2.29 bits per heavy atom. The fourth-order valence-electron chi connectivity index (χ4n) is 1.89. The monoisotopic (exact) mass is 254 g/mol. The molecule has 0 spiro atoms. The number of methoxy groups -OCH3 is 1. The van der Waals surface area contributed by atoms with Gasteiger partial charge in [0.05, 0.1) is 22.7 Å². The molecule has 0 amide bonds. The summed E-state index contributed by atoms with van der Waals surface area (Å²) in [5.41, 5.74) is 1.65. The Balaban J connectivity index is 2.60. The quantitative estimate of drug-likeness (QED) is 0.911. The standard InChI is InChI=1S/C12H15ClN2O2/c1-8(16)12-14-10-5-3-4-9(13)11(10)15(12)6-7-17-2/h3-5,8,16H,6-7H2,1-2H3/t8-/m1/s1. The number of aliphatic hydroxyl groups is 1. The molecule has 0 fully saturated rings. The molecule has 17 heavy (non-hydrogen) atoms. The SMILES string of the molecule is COCCn1c([C@@H](C)O)nc2cccc(Cl)c21. The van der Waals surface area contributed by atoms with Crippen molar-refractivity contribution in [3.63, 3.8) is 0 Å². The molecule has 1 heterocycles. The van der Waals surface area contributed by atoms with Crippen LogP contribution in [-0.2, 0) is 11.3 Å². The van der Waals surface area contributed by atoms with Gasteiger partial charge in [0, 0.05) is 13.7 Å². The zero-order valence-corrected chi connectivity index (χ0v) is 10.6. The summed E-state index contributed by atoms with van der Waals surface area (Å²) < 4.78 is 6.97. The van der Waals surface area contributed by atoms with Crippen molar-refractivity contribution >= 4 is 22.6 Å². The van der Waals surface area contributed by atoms with Crippen molar-refractivity contribution < 1.29 is 9.84 Å². The van der Waals surface area contributed by atoms with Gasteiger partial charge in [0.1, 0.15) is 11.9 Å². The number of nitrogens with zero attached hydrogens (tertiary/aromatic N) is 2. The van der Waals surface area contributed by atoms with Gasteiger partial charge in [-0.2, -0.15) is 0 Å². The zero-order valence-electron chi connectivity index (χ0n) is 9.85. The molecule has 1 N–H and O–H groups in total. The van der Waals surface area contributed by atoms with Crippen LogP contribution in [0.3, 0.4) is 0 Å². The van der Waals surface area contributed by atoms with Gasteiger partial charge in [-0.05, 0) is 19.1 Å². The fraction of sp³-hybridized carbons (Fsp3) is 0.417. The molecule has 1 atom stereocenters. The molecule has 2 rings (SSSR count). The molecule has 0 saturated carbocycles. The summed E-state index contributed by atoms with van der Waals surface area (Å²) in [6.07, 6.45) is -0.629. The highest BCUT2D eigenvalue weighted by atomic mass is 35.5. The summed E-state index contributed by atoms with van der Waals surface area (Å²) in [5, 5.41) is 10.4. The lowest BCUT2D eigenvalue weighted by Gasteiger charge is -2.10.